The maximum Gasteiger partial charge on any atom is 0.128 e. The van der Waals surface area contributed by atoms with E-state index in [1.807, 2.05) is 12.1 Å². The van der Waals surface area contributed by atoms with Crippen molar-refractivity contribution in [2.45, 2.75) is 52.4 Å². The van der Waals surface area contributed by atoms with E-state index < -0.39 is 0 Å². The molecule has 0 saturated heterocycles. The Hall–Kier alpha value is -1.25. The molecule has 0 amide bonds. The molecule has 0 aromatic carbocycles. The third kappa shape index (κ3) is 5.39. The molecule has 0 aliphatic heterocycles. The second kappa shape index (κ2) is 8.78. The molecule has 1 aromatic heterocycles. The number of anilines is 2. The number of pyridine rings is 1. The van der Waals surface area contributed by atoms with E-state index in [0.29, 0.717) is 0 Å². The maximum absolute atomic E-state index is 5.69. The molecule has 0 aliphatic carbocycles. The number of hydrogen-bond donors (Lipinski definition) is 1. The molecule has 0 unspecified atom stereocenters. The van der Waals surface area contributed by atoms with Crippen LogP contribution in [0, 0.1) is 0 Å². The van der Waals surface area contributed by atoms with Crippen LogP contribution < -0.4 is 10.6 Å². The second-order valence-electron chi connectivity index (χ2n) is 4.85. The van der Waals surface area contributed by atoms with Gasteiger partial charge in [-0.25, -0.2) is 4.98 Å². The third-order valence-electron chi connectivity index (χ3n) is 3.16. The monoisotopic (exact) mass is 249 g/mol. The van der Waals surface area contributed by atoms with E-state index in [1.54, 1.807) is 6.20 Å². The van der Waals surface area contributed by atoms with Gasteiger partial charge in [0.1, 0.15) is 5.82 Å². The molecule has 3 heteroatoms. The van der Waals surface area contributed by atoms with Gasteiger partial charge in [-0.3, -0.25) is 0 Å². The first kappa shape index (κ1) is 14.8. The normalized spacial score (nSPS) is 10.6. The summed E-state index contributed by atoms with van der Waals surface area (Å²) < 4.78 is 0. The summed E-state index contributed by atoms with van der Waals surface area (Å²) in [6.07, 6.45) is 9.35. The SMILES string of the molecule is CCCCCN(CCCCC)c1ccc(N)cn1. The van der Waals surface area contributed by atoms with Crippen molar-refractivity contribution in [1.82, 2.24) is 4.98 Å². The van der Waals surface area contributed by atoms with Gasteiger partial charge in [-0.05, 0) is 25.0 Å². The fraction of sp³-hybridized carbons (Fsp3) is 0.667. The zero-order valence-corrected chi connectivity index (χ0v) is 11.9. The van der Waals surface area contributed by atoms with E-state index in [1.165, 1.54) is 38.5 Å². The minimum Gasteiger partial charge on any atom is -0.397 e. The van der Waals surface area contributed by atoms with Crippen molar-refractivity contribution in [2.24, 2.45) is 0 Å². The molecule has 0 bridgehead atoms. The fourth-order valence-corrected chi connectivity index (χ4v) is 2.03. The first-order valence-corrected chi connectivity index (χ1v) is 7.24. The Morgan fingerprint density at radius 2 is 1.61 bits per heavy atom. The van der Waals surface area contributed by atoms with Crippen LogP contribution in [0.15, 0.2) is 18.3 Å². The van der Waals surface area contributed by atoms with Crippen LogP contribution in [0.25, 0.3) is 0 Å². The van der Waals surface area contributed by atoms with Crippen molar-refractivity contribution < 1.29 is 0 Å². The van der Waals surface area contributed by atoms with Gasteiger partial charge in [0.2, 0.25) is 0 Å². The van der Waals surface area contributed by atoms with E-state index in [0.717, 1.165) is 24.6 Å². The average molecular weight is 249 g/mol. The van der Waals surface area contributed by atoms with Crippen molar-refractivity contribution in [3.8, 4) is 0 Å². The van der Waals surface area contributed by atoms with Gasteiger partial charge in [0.05, 0.1) is 11.9 Å². The van der Waals surface area contributed by atoms with Crippen LogP contribution in [-0.2, 0) is 0 Å². The van der Waals surface area contributed by atoms with Crippen LogP contribution in [0.5, 0.6) is 0 Å². The quantitative estimate of drug-likeness (QED) is 0.676. The lowest BCUT2D eigenvalue weighted by molar-refractivity contribution is 0.632. The van der Waals surface area contributed by atoms with Crippen molar-refractivity contribution in [3.05, 3.63) is 18.3 Å². The average Bonchev–Trinajstić information content (AvgIpc) is 2.38. The Balaban J connectivity index is 2.54. The number of hydrogen-bond acceptors (Lipinski definition) is 3. The van der Waals surface area contributed by atoms with Crippen LogP contribution in [-0.4, -0.2) is 18.1 Å². The highest BCUT2D eigenvalue weighted by atomic mass is 15.2. The highest BCUT2D eigenvalue weighted by molar-refractivity contribution is 5.45. The molecule has 0 atom stereocenters. The molecule has 0 saturated carbocycles. The summed E-state index contributed by atoms with van der Waals surface area (Å²) in [5.41, 5.74) is 6.43. The van der Waals surface area contributed by atoms with Crippen LogP contribution in [0.3, 0.4) is 0 Å². The molecule has 1 rings (SSSR count). The minimum atomic E-state index is 0.737. The van der Waals surface area contributed by atoms with E-state index in [-0.39, 0.29) is 0 Å². The topological polar surface area (TPSA) is 42.1 Å². The number of nitrogen functional groups attached to an aromatic ring is 1. The van der Waals surface area contributed by atoms with Crippen molar-refractivity contribution >= 4 is 11.5 Å². The molecule has 18 heavy (non-hydrogen) atoms. The molecule has 2 N–H and O–H groups in total. The van der Waals surface area contributed by atoms with Gasteiger partial charge in [0, 0.05) is 13.1 Å². The van der Waals surface area contributed by atoms with Gasteiger partial charge in [-0.2, -0.15) is 0 Å². The zero-order chi connectivity index (χ0) is 13.2. The van der Waals surface area contributed by atoms with Gasteiger partial charge < -0.3 is 10.6 Å². The molecule has 0 aliphatic rings. The molecule has 102 valence electrons. The van der Waals surface area contributed by atoms with Gasteiger partial charge in [0.25, 0.3) is 0 Å². The van der Waals surface area contributed by atoms with Gasteiger partial charge in [-0.15, -0.1) is 0 Å². The minimum absolute atomic E-state index is 0.737. The lowest BCUT2D eigenvalue weighted by atomic mass is 10.2. The molecule has 1 aromatic rings. The first-order valence-electron chi connectivity index (χ1n) is 7.24. The fourth-order valence-electron chi connectivity index (χ4n) is 2.03. The van der Waals surface area contributed by atoms with Crippen LogP contribution >= 0.6 is 0 Å². The maximum atomic E-state index is 5.69. The number of unbranched alkanes of at least 4 members (excludes halogenated alkanes) is 4. The van der Waals surface area contributed by atoms with Gasteiger partial charge in [0.15, 0.2) is 0 Å². The molecule has 0 spiro atoms. The zero-order valence-electron chi connectivity index (χ0n) is 11.9. The summed E-state index contributed by atoms with van der Waals surface area (Å²) in [5, 5.41) is 0. The first-order chi connectivity index (χ1) is 8.77. The number of rotatable bonds is 9. The Morgan fingerprint density at radius 3 is 2.06 bits per heavy atom. The Bertz CT molecular complexity index is 298. The van der Waals surface area contributed by atoms with Crippen molar-refractivity contribution in [2.75, 3.05) is 23.7 Å². The standard InChI is InChI=1S/C15H27N3/c1-3-5-7-11-18(12-8-6-4-2)15-10-9-14(16)13-17-15/h9-10,13H,3-8,11-12,16H2,1-2H3. The van der Waals surface area contributed by atoms with Crippen LogP contribution in [0.1, 0.15) is 52.4 Å². The number of aromatic nitrogens is 1. The summed E-state index contributed by atoms with van der Waals surface area (Å²) >= 11 is 0. The highest BCUT2D eigenvalue weighted by Crippen LogP contribution is 2.14. The summed E-state index contributed by atoms with van der Waals surface area (Å²) in [6, 6.07) is 3.97. The van der Waals surface area contributed by atoms with E-state index in [2.05, 4.69) is 23.7 Å². The Labute approximate surface area is 111 Å². The summed E-state index contributed by atoms with van der Waals surface area (Å²) in [4.78, 5) is 6.83. The summed E-state index contributed by atoms with van der Waals surface area (Å²) in [6.45, 7) is 6.69. The largest absolute Gasteiger partial charge is 0.397 e. The molecule has 0 radical (unpaired) electrons. The lowest BCUT2D eigenvalue weighted by Crippen LogP contribution is -2.26. The van der Waals surface area contributed by atoms with Crippen LogP contribution in [0.4, 0.5) is 11.5 Å². The van der Waals surface area contributed by atoms with Crippen molar-refractivity contribution in [1.29, 1.82) is 0 Å². The molecule has 3 nitrogen and oxygen atoms in total. The predicted molar refractivity (Wildman–Crippen MR) is 79.9 cm³/mol. The van der Waals surface area contributed by atoms with E-state index >= 15 is 0 Å². The molecular formula is C15H27N3. The van der Waals surface area contributed by atoms with Crippen LogP contribution in [0.2, 0.25) is 0 Å². The predicted octanol–water partition coefficient (Wildman–Crippen LogP) is 3.85. The summed E-state index contributed by atoms with van der Waals surface area (Å²) in [7, 11) is 0. The molecule has 1 heterocycles. The third-order valence-corrected chi connectivity index (χ3v) is 3.16. The second-order valence-corrected chi connectivity index (χ2v) is 4.85. The van der Waals surface area contributed by atoms with Crippen molar-refractivity contribution in [3.63, 3.8) is 0 Å². The highest BCUT2D eigenvalue weighted by Gasteiger charge is 2.06. The number of nitrogens with two attached hydrogens (primary N) is 1. The Kier molecular flexibility index (Phi) is 7.23. The molecular weight excluding hydrogens is 222 g/mol. The van der Waals surface area contributed by atoms with Gasteiger partial charge in [-0.1, -0.05) is 39.5 Å². The summed E-state index contributed by atoms with van der Waals surface area (Å²) in [5.74, 6) is 1.07. The Morgan fingerprint density at radius 1 is 1.00 bits per heavy atom. The number of nitrogens with zero attached hydrogens (tertiary/aromatic N) is 2. The van der Waals surface area contributed by atoms with Gasteiger partial charge >= 0.3 is 0 Å². The van der Waals surface area contributed by atoms with E-state index in [9.17, 15) is 0 Å². The van der Waals surface area contributed by atoms with E-state index in [4.69, 9.17) is 5.73 Å². The lowest BCUT2D eigenvalue weighted by Gasteiger charge is -2.23. The smallest absolute Gasteiger partial charge is 0.128 e. The molecule has 0 fully saturated rings.